The predicted octanol–water partition coefficient (Wildman–Crippen LogP) is 5.66. The van der Waals surface area contributed by atoms with Crippen LogP contribution in [0.5, 0.6) is 0 Å². The summed E-state index contributed by atoms with van der Waals surface area (Å²) in [6.07, 6.45) is 0.264. The molecule has 0 saturated carbocycles. The molecule has 0 spiro atoms. The first-order chi connectivity index (χ1) is 19.0. The van der Waals surface area contributed by atoms with Crippen LogP contribution in [0.4, 0.5) is 19.3 Å². The third-order valence-corrected chi connectivity index (χ3v) is 7.02. The Morgan fingerprint density at radius 1 is 1.05 bits per heavy atom. The van der Waals surface area contributed by atoms with E-state index in [4.69, 9.17) is 10.5 Å². The van der Waals surface area contributed by atoms with Gasteiger partial charge in [0.25, 0.3) is 0 Å². The number of hydrogen-bond acceptors (Lipinski definition) is 5. The number of aliphatic hydroxyl groups is 1. The van der Waals surface area contributed by atoms with Gasteiger partial charge >= 0.3 is 6.09 Å². The molecule has 4 N–H and O–H groups in total. The molecular weight excluding hydrogens is 512 g/mol. The lowest BCUT2D eigenvalue weighted by molar-refractivity contribution is 0.135. The summed E-state index contributed by atoms with van der Waals surface area (Å²) in [4.78, 5) is 14.8. The highest BCUT2D eigenvalue weighted by Gasteiger charge is 2.31. The Kier molecular flexibility index (Phi) is 9.56. The lowest BCUT2D eigenvalue weighted by Gasteiger charge is -2.35. The number of ether oxygens (including phenoxy) is 1. The maximum Gasteiger partial charge on any atom is 0.414 e. The maximum atomic E-state index is 13.6. The van der Waals surface area contributed by atoms with E-state index in [0.29, 0.717) is 18.5 Å². The molecule has 0 aliphatic carbocycles. The Morgan fingerprint density at radius 2 is 1.75 bits per heavy atom. The number of carbonyl (C=O) groups excluding carboxylic acids is 1. The first-order valence-corrected chi connectivity index (χ1v) is 13.7. The first-order valence-electron chi connectivity index (χ1n) is 13.7. The topological polar surface area (TPSA) is 87.8 Å². The third-order valence-electron chi connectivity index (χ3n) is 7.02. The van der Waals surface area contributed by atoms with E-state index in [-0.39, 0.29) is 31.0 Å². The minimum absolute atomic E-state index is 0.0828. The molecule has 1 amide bonds. The maximum absolute atomic E-state index is 13.6. The molecule has 0 aromatic heterocycles. The number of nitrogens with two attached hydrogens (primary N) is 1. The van der Waals surface area contributed by atoms with Gasteiger partial charge in [-0.15, -0.1) is 0 Å². The molecule has 0 fully saturated rings. The second kappa shape index (κ2) is 12.9. The number of fused-ring (bicyclic) bond motifs is 1. The van der Waals surface area contributed by atoms with Crippen molar-refractivity contribution in [2.45, 2.75) is 64.8 Å². The summed E-state index contributed by atoms with van der Waals surface area (Å²) in [6, 6.07) is 18.1. The van der Waals surface area contributed by atoms with E-state index in [0.717, 1.165) is 34.9 Å². The van der Waals surface area contributed by atoms with Gasteiger partial charge in [-0.2, -0.15) is 0 Å². The number of carbonyl (C=O) groups is 1. The van der Waals surface area contributed by atoms with Gasteiger partial charge in [0.15, 0.2) is 0 Å². The smallest absolute Gasteiger partial charge is 0.414 e. The number of nitrogens with one attached hydrogen (secondary N) is 1. The van der Waals surface area contributed by atoms with Crippen molar-refractivity contribution in [2.75, 3.05) is 18.0 Å². The second-order valence-electron chi connectivity index (χ2n) is 11.8. The molecule has 8 heteroatoms. The van der Waals surface area contributed by atoms with Crippen LogP contribution in [-0.2, 0) is 24.2 Å². The van der Waals surface area contributed by atoms with E-state index in [2.05, 4.69) is 32.2 Å². The summed E-state index contributed by atoms with van der Waals surface area (Å²) in [5.41, 5.74) is 10.5. The largest absolute Gasteiger partial charge is 0.444 e. The average Bonchev–Trinajstić information content (AvgIpc) is 2.89. The quantitative estimate of drug-likeness (QED) is 0.319. The van der Waals surface area contributed by atoms with E-state index in [1.165, 1.54) is 12.1 Å². The Morgan fingerprint density at radius 3 is 2.42 bits per heavy atom. The van der Waals surface area contributed by atoms with E-state index in [1.54, 1.807) is 4.90 Å². The van der Waals surface area contributed by atoms with Crippen LogP contribution in [0.25, 0.3) is 0 Å². The fraction of sp³-hybridized carbons (Fsp3) is 0.406. The van der Waals surface area contributed by atoms with Gasteiger partial charge in [-0.3, -0.25) is 4.90 Å². The summed E-state index contributed by atoms with van der Waals surface area (Å²) >= 11 is 0. The van der Waals surface area contributed by atoms with Gasteiger partial charge in [-0.05, 0) is 65.1 Å². The predicted molar refractivity (Wildman–Crippen MR) is 153 cm³/mol. The van der Waals surface area contributed by atoms with Crippen molar-refractivity contribution in [1.29, 1.82) is 0 Å². The van der Waals surface area contributed by atoms with Crippen LogP contribution < -0.4 is 16.0 Å². The number of nitrogens with zero attached hydrogens (tertiary/aromatic N) is 1. The molecular formula is C32H39F2N3O3. The molecule has 3 aromatic rings. The Hall–Kier alpha value is -3.33. The number of aliphatic hydroxyl groups excluding tert-OH is 1. The number of halogens is 2. The average molecular weight is 552 g/mol. The van der Waals surface area contributed by atoms with Gasteiger partial charge < -0.3 is 20.9 Å². The molecule has 2 unspecified atom stereocenters. The summed E-state index contributed by atoms with van der Waals surface area (Å²) in [6.45, 7) is 7.36. The Balaban J connectivity index is 1.47. The summed E-state index contributed by atoms with van der Waals surface area (Å²) in [5.74, 6) is -1.35. The van der Waals surface area contributed by atoms with Crippen molar-refractivity contribution < 1.29 is 23.4 Å². The molecule has 0 radical (unpaired) electrons. The molecule has 1 aliphatic rings. The van der Waals surface area contributed by atoms with Crippen LogP contribution in [0.2, 0.25) is 0 Å². The zero-order chi connectivity index (χ0) is 28.9. The number of amides is 1. The molecule has 1 aliphatic heterocycles. The minimum atomic E-state index is -0.943. The molecule has 0 bridgehead atoms. The van der Waals surface area contributed by atoms with Crippen LogP contribution >= 0.6 is 0 Å². The molecule has 3 aromatic carbocycles. The normalized spacial score (nSPS) is 16.8. The van der Waals surface area contributed by atoms with Crippen molar-refractivity contribution in [3.63, 3.8) is 0 Å². The summed E-state index contributed by atoms with van der Waals surface area (Å²) in [7, 11) is 0. The molecule has 40 heavy (non-hydrogen) atoms. The van der Waals surface area contributed by atoms with Crippen molar-refractivity contribution in [3.05, 3.63) is 101 Å². The molecule has 6 nitrogen and oxygen atoms in total. The van der Waals surface area contributed by atoms with Crippen molar-refractivity contribution in [2.24, 2.45) is 11.1 Å². The first kappa shape index (κ1) is 29.6. The summed E-state index contributed by atoms with van der Waals surface area (Å²) in [5, 5.41) is 14.2. The highest BCUT2D eigenvalue weighted by atomic mass is 19.1. The van der Waals surface area contributed by atoms with Crippen LogP contribution in [-0.4, -0.2) is 36.4 Å². The molecule has 0 saturated heterocycles. The third kappa shape index (κ3) is 8.10. The van der Waals surface area contributed by atoms with Gasteiger partial charge in [0.1, 0.15) is 18.2 Å². The van der Waals surface area contributed by atoms with Crippen LogP contribution in [0.3, 0.4) is 0 Å². The highest BCUT2D eigenvalue weighted by molar-refractivity contribution is 5.89. The van der Waals surface area contributed by atoms with Crippen molar-refractivity contribution in [3.8, 4) is 0 Å². The highest BCUT2D eigenvalue weighted by Crippen LogP contribution is 2.36. The zero-order valence-corrected chi connectivity index (χ0v) is 23.4. The lowest BCUT2D eigenvalue weighted by atomic mass is 9.86. The van der Waals surface area contributed by atoms with E-state index >= 15 is 0 Å². The fourth-order valence-electron chi connectivity index (χ4n) is 5.14. The van der Waals surface area contributed by atoms with Crippen LogP contribution in [0.15, 0.2) is 66.7 Å². The summed E-state index contributed by atoms with van der Waals surface area (Å²) < 4.78 is 32.8. The fourth-order valence-corrected chi connectivity index (χ4v) is 5.14. The van der Waals surface area contributed by atoms with Crippen molar-refractivity contribution >= 4 is 11.8 Å². The molecule has 3 atom stereocenters. The number of hydrogen-bond donors (Lipinski definition) is 3. The number of benzene rings is 3. The molecule has 1 heterocycles. The van der Waals surface area contributed by atoms with E-state index < -0.39 is 29.9 Å². The molecule has 214 valence electrons. The van der Waals surface area contributed by atoms with Gasteiger partial charge in [-0.1, -0.05) is 63.2 Å². The SMILES string of the molecule is CC(C)(C)Cc1ccc2c(c1)C(NC[C@@H](O)C(N)Cc1cc(F)cc(F)c1)CCN2C(=O)OCc1ccccc1. The van der Waals surface area contributed by atoms with E-state index in [1.807, 2.05) is 42.5 Å². The monoisotopic (exact) mass is 551 g/mol. The van der Waals surface area contributed by atoms with Gasteiger partial charge in [0.2, 0.25) is 0 Å². The van der Waals surface area contributed by atoms with Gasteiger partial charge in [-0.25, -0.2) is 13.6 Å². The van der Waals surface area contributed by atoms with Gasteiger partial charge in [0, 0.05) is 31.2 Å². The second-order valence-corrected chi connectivity index (χ2v) is 11.8. The zero-order valence-electron chi connectivity index (χ0n) is 23.4. The van der Waals surface area contributed by atoms with Crippen LogP contribution in [0, 0.1) is 17.0 Å². The van der Waals surface area contributed by atoms with Crippen LogP contribution in [0.1, 0.15) is 55.5 Å². The Bertz CT molecular complexity index is 1280. The molecule has 4 rings (SSSR count). The van der Waals surface area contributed by atoms with Gasteiger partial charge in [0.05, 0.1) is 11.8 Å². The minimum Gasteiger partial charge on any atom is -0.444 e. The Labute approximate surface area is 235 Å². The number of anilines is 1. The lowest BCUT2D eigenvalue weighted by Crippen LogP contribution is -2.46. The standard InChI is InChI=1S/C32H39F2N3O3/c1-32(2,3)18-22-9-10-29-26(15-22)28(11-12-37(29)31(39)40-20-21-7-5-4-6-8-21)36-19-30(38)27(35)16-23-13-24(33)17-25(34)14-23/h4-10,13-15,17,27-28,30,36,38H,11-12,16,18-20,35H2,1-3H3/t27?,28?,30-/m1/s1. The van der Waals surface area contributed by atoms with E-state index in [9.17, 15) is 18.7 Å². The van der Waals surface area contributed by atoms with Crippen molar-refractivity contribution in [1.82, 2.24) is 5.32 Å². The number of rotatable bonds is 9.